The fraction of sp³-hybridized carbons (Fsp3) is 0.812. The Morgan fingerprint density at radius 2 is 1.67 bits per heavy atom. The Kier molecular flexibility index (Phi) is 5.90. The van der Waals surface area contributed by atoms with Gasteiger partial charge in [-0.1, -0.05) is 65.9 Å². The normalized spacial score (nSPS) is 22.3. The number of carbonyl (C=O) groups excluding carboxylic acids is 1. The van der Waals surface area contributed by atoms with E-state index in [-0.39, 0.29) is 17.5 Å². The molecule has 0 N–H and O–H groups in total. The molecular weight excluding hydrogens is 224 g/mol. The second-order valence-corrected chi connectivity index (χ2v) is 6.00. The van der Waals surface area contributed by atoms with Gasteiger partial charge >= 0.3 is 5.97 Å². The number of hydrogen-bond donors (Lipinski definition) is 0. The summed E-state index contributed by atoms with van der Waals surface area (Å²) in [4.78, 5) is 11.5. The van der Waals surface area contributed by atoms with Gasteiger partial charge in [-0.05, 0) is 12.8 Å². The van der Waals surface area contributed by atoms with E-state index in [4.69, 9.17) is 4.74 Å². The van der Waals surface area contributed by atoms with E-state index >= 15 is 0 Å². The molecule has 0 saturated carbocycles. The molecule has 1 fully saturated rings. The van der Waals surface area contributed by atoms with Crippen LogP contribution in [0.5, 0.6) is 0 Å². The van der Waals surface area contributed by atoms with Gasteiger partial charge in [-0.25, -0.2) is 4.79 Å². The molecule has 0 unspecified atom stereocenters. The van der Waals surface area contributed by atoms with Crippen LogP contribution in [-0.4, -0.2) is 12.1 Å². The quantitative estimate of drug-likeness (QED) is 0.357. The molecule has 1 saturated heterocycles. The van der Waals surface area contributed by atoms with E-state index in [9.17, 15) is 4.79 Å². The summed E-state index contributed by atoms with van der Waals surface area (Å²) in [5.41, 5.74) is 0.453. The van der Waals surface area contributed by atoms with Gasteiger partial charge in [0.2, 0.25) is 0 Å². The lowest BCUT2D eigenvalue weighted by atomic mass is 9.80. The Hall–Kier alpha value is -0.790. The maximum atomic E-state index is 11.5. The van der Waals surface area contributed by atoms with E-state index in [1.54, 1.807) is 0 Å². The zero-order valence-corrected chi connectivity index (χ0v) is 12.3. The summed E-state index contributed by atoms with van der Waals surface area (Å²) in [6.45, 7) is 10.2. The molecule has 0 aromatic rings. The lowest BCUT2D eigenvalue weighted by molar-refractivity contribution is -0.140. The summed E-state index contributed by atoms with van der Waals surface area (Å²) in [5, 5.41) is 0. The molecule has 0 aromatic carbocycles. The van der Waals surface area contributed by atoms with Crippen molar-refractivity contribution in [2.45, 2.75) is 78.2 Å². The van der Waals surface area contributed by atoms with Gasteiger partial charge in [0.15, 0.2) is 0 Å². The van der Waals surface area contributed by atoms with Crippen molar-refractivity contribution >= 4 is 5.97 Å². The van der Waals surface area contributed by atoms with Crippen LogP contribution in [0.25, 0.3) is 0 Å². The third kappa shape index (κ3) is 3.86. The fourth-order valence-electron chi connectivity index (χ4n) is 2.51. The maximum Gasteiger partial charge on any atom is 0.334 e. The Bertz CT molecular complexity index is 291. The molecule has 0 spiro atoms. The Morgan fingerprint density at radius 3 is 2.17 bits per heavy atom. The molecule has 1 aliphatic heterocycles. The van der Waals surface area contributed by atoms with E-state index in [1.807, 2.05) is 0 Å². The summed E-state index contributed by atoms with van der Waals surface area (Å²) in [6.07, 6.45) is 10.1. The minimum atomic E-state index is -0.201. The highest BCUT2D eigenvalue weighted by atomic mass is 16.6. The van der Waals surface area contributed by atoms with Gasteiger partial charge in [0.1, 0.15) is 6.10 Å². The van der Waals surface area contributed by atoms with Crippen molar-refractivity contribution in [1.82, 2.24) is 0 Å². The number of cyclic esters (lactones) is 1. The molecule has 0 aromatic heterocycles. The number of carbonyl (C=O) groups is 1. The molecule has 2 heteroatoms. The predicted octanol–water partition coefficient (Wildman–Crippen LogP) is 4.63. The molecule has 1 aliphatic rings. The molecule has 1 atom stereocenters. The van der Waals surface area contributed by atoms with E-state index < -0.39 is 0 Å². The van der Waals surface area contributed by atoms with Crippen LogP contribution >= 0.6 is 0 Å². The number of hydrogen-bond acceptors (Lipinski definition) is 2. The predicted molar refractivity (Wildman–Crippen MR) is 75.4 cm³/mol. The monoisotopic (exact) mass is 252 g/mol. The van der Waals surface area contributed by atoms with Crippen LogP contribution in [-0.2, 0) is 9.53 Å². The topological polar surface area (TPSA) is 26.3 Å². The number of ether oxygens (including phenoxy) is 1. The van der Waals surface area contributed by atoms with Gasteiger partial charge < -0.3 is 4.74 Å². The van der Waals surface area contributed by atoms with Crippen molar-refractivity contribution in [2.75, 3.05) is 0 Å². The standard InChI is InChI=1S/C16H28O2/c1-5-6-7-8-9-10-11-12-14-16(3,4)13(2)15(17)18-14/h14H,2,5-12H2,1,3-4H3/t14-/m1/s1. The smallest absolute Gasteiger partial charge is 0.334 e. The van der Waals surface area contributed by atoms with Crippen LogP contribution in [0.4, 0.5) is 0 Å². The summed E-state index contributed by atoms with van der Waals surface area (Å²) in [5.74, 6) is -0.201. The van der Waals surface area contributed by atoms with Crippen molar-refractivity contribution in [2.24, 2.45) is 5.41 Å². The van der Waals surface area contributed by atoms with Crippen LogP contribution in [0, 0.1) is 5.41 Å². The zero-order chi connectivity index (χ0) is 13.6. The van der Waals surface area contributed by atoms with Crippen molar-refractivity contribution in [3.63, 3.8) is 0 Å². The van der Waals surface area contributed by atoms with Crippen molar-refractivity contribution < 1.29 is 9.53 Å². The molecule has 104 valence electrons. The third-order valence-electron chi connectivity index (χ3n) is 4.15. The molecule has 1 heterocycles. The van der Waals surface area contributed by atoms with Gasteiger partial charge in [-0.2, -0.15) is 0 Å². The highest BCUT2D eigenvalue weighted by molar-refractivity contribution is 5.91. The van der Waals surface area contributed by atoms with E-state index in [0.717, 1.165) is 12.8 Å². The Morgan fingerprint density at radius 1 is 1.11 bits per heavy atom. The van der Waals surface area contributed by atoms with Gasteiger partial charge in [0, 0.05) is 11.0 Å². The lowest BCUT2D eigenvalue weighted by Gasteiger charge is -2.24. The highest BCUT2D eigenvalue weighted by Crippen LogP contribution is 2.40. The fourth-order valence-corrected chi connectivity index (χ4v) is 2.51. The van der Waals surface area contributed by atoms with Crippen LogP contribution in [0.3, 0.4) is 0 Å². The first-order chi connectivity index (χ1) is 8.50. The maximum absolute atomic E-state index is 11.5. The molecule has 1 rings (SSSR count). The largest absolute Gasteiger partial charge is 0.458 e. The van der Waals surface area contributed by atoms with Gasteiger partial charge in [0.25, 0.3) is 0 Å². The lowest BCUT2D eigenvalue weighted by Crippen LogP contribution is -2.25. The third-order valence-corrected chi connectivity index (χ3v) is 4.15. The van der Waals surface area contributed by atoms with Crippen LogP contribution in [0.15, 0.2) is 12.2 Å². The summed E-state index contributed by atoms with van der Waals surface area (Å²) in [7, 11) is 0. The second kappa shape index (κ2) is 6.96. The van der Waals surface area contributed by atoms with Gasteiger partial charge in [-0.3, -0.25) is 0 Å². The molecule has 0 amide bonds. The summed E-state index contributed by atoms with van der Waals surface area (Å²) < 4.78 is 5.40. The number of unbranched alkanes of at least 4 members (excludes halogenated alkanes) is 6. The molecule has 0 aliphatic carbocycles. The first kappa shape index (κ1) is 15.3. The SMILES string of the molecule is C=C1C(=O)O[C@H](CCCCCCCCC)C1(C)C. The summed E-state index contributed by atoms with van der Waals surface area (Å²) in [6, 6.07) is 0. The van der Waals surface area contributed by atoms with Crippen molar-refractivity contribution in [1.29, 1.82) is 0 Å². The highest BCUT2D eigenvalue weighted by Gasteiger charge is 2.44. The van der Waals surface area contributed by atoms with E-state index in [0.29, 0.717) is 5.57 Å². The van der Waals surface area contributed by atoms with Gasteiger partial charge in [-0.15, -0.1) is 0 Å². The van der Waals surface area contributed by atoms with Crippen LogP contribution in [0.2, 0.25) is 0 Å². The van der Waals surface area contributed by atoms with E-state index in [1.165, 1.54) is 38.5 Å². The van der Waals surface area contributed by atoms with Crippen molar-refractivity contribution in [3.8, 4) is 0 Å². The first-order valence-electron chi connectivity index (χ1n) is 7.40. The number of rotatable bonds is 8. The van der Waals surface area contributed by atoms with E-state index in [2.05, 4.69) is 27.4 Å². The average molecular weight is 252 g/mol. The minimum absolute atomic E-state index is 0.0353. The Balaban J connectivity index is 2.16. The van der Waals surface area contributed by atoms with Crippen LogP contribution in [0.1, 0.15) is 72.1 Å². The molecular formula is C16H28O2. The van der Waals surface area contributed by atoms with Crippen molar-refractivity contribution in [3.05, 3.63) is 12.2 Å². The van der Waals surface area contributed by atoms with Crippen LogP contribution < -0.4 is 0 Å². The molecule has 2 nitrogen and oxygen atoms in total. The molecule has 0 bridgehead atoms. The molecule has 18 heavy (non-hydrogen) atoms. The second-order valence-electron chi connectivity index (χ2n) is 6.00. The Labute approximate surface area is 112 Å². The molecule has 0 radical (unpaired) electrons. The minimum Gasteiger partial charge on any atom is -0.458 e. The average Bonchev–Trinajstić information content (AvgIpc) is 2.52. The van der Waals surface area contributed by atoms with Gasteiger partial charge in [0.05, 0.1) is 0 Å². The first-order valence-corrected chi connectivity index (χ1v) is 7.40. The number of esters is 1. The zero-order valence-electron chi connectivity index (χ0n) is 12.3. The summed E-state index contributed by atoms with van der Waals surface area (Å²) >= 11 is 0.